The summed E-state index contributed by atoms with van der Waals surface area (Å²) in [6, 6.07) is 5.24. The average Bonchev–Trinajstić information content (AvgIpc) is 2.97. The van der Waals surface area contributed by atoms with E-state index < -0.39 is 6.08 Å². The van der Waals surface area contributed by atoms with Crippen LogP contribution < -0.4 is 14.8 Å². The highest BCUT2D eigenvalue weighted by Crippen LogP contribution is 2.34. The Morgan fingerprint density at radius 3 is 2.80 bits per heavy atom. The molecule has 0 spiro atoms. The third kappa shape index (κ3) is 2.72. The molecule has 25 heavy (non-hydrogen) atoms. The van der Waals surface area contributed by atoms with E-state index in [2.05, 4.69) is 20.3 Å². The Morgan fingerprint density at radius 1 is 1.28 bits per heavy atom. The largest absolute Gasteiger partial charge is 0.497 e. The van der Waals surface area contributed by atoms with Gasteiger partial charge in [-0.2, -0.15) is 14.4 Å². The predicted octanol–water partition coefficient (Wildman–Crippen LogP) is 2.65. The minimum absolute atomic E-state index is 0.164. The van der Waals surface area contributed by atoms with E-state index in [1.807, 2.05) is 0 Å². The summed E-state index contributed by atoms with van der Waals surface area (Å²) in [4.78, 5) is 12.0. The molecule has 1 atom stereocenters. The van der Waals surface area contributed by atoms with Gasteiger partial charge in [-0.05, 0) is 12.1 Å². The number of hydrogen-bond acceptors (Lipinski definition) is 7. The van der Waals surface area contributed by atoms with Crippen LogP contribution in [0, 0.1) is 6.08 Å². The van der Waals surface area contributed by atoms with Crippen molar-refractivity contribution in [3.8, 4) is 11.5 Å². The Labute approximate surface area is 142 Å². The average molecular weight is 345 g/mol. The second-order valence-corrected chi connectivity index (χ2v) is 5.47. The Balaban J connectivity index is 1.75. The van der Waals surface area contributed by atoms with Crippen LogP contribution >= 0.6 is 0 Å². The predicted molar refractivity (Wildman–Crippen MR) is 87.7 cm³/mol. The van der Waals surface area contributed by atoms with Crippen LogP contribution in [0.2, 0.25) is 0 Å². The molecule has 1 aliphatic heterocycles. The van der Waals surface area contributed by atoms with Gasteiger partial charge >= 0.3 is 6.08 Å². The Hall–Kier alpha value is -2.94. The molecule has 1 aromatic carbocycles. The SMILES string of the molecule is COc1ccc(Nc2nc(F)nc3c2ncn3C2CCO2)c(OC)c1. The molecule has 1 fully saturated rings. The van der Waals surface area contributed by atoms with Gasteiger partial charge in [0.15, 0.2) is 17.0 Å². The molecule has 9 heteroatoms. The van der Waals surface area contributed by atoms with E-state index in [0.29, 0.717) is 35.0 Å². The molecule has 0 amide bonds. The molecule has 8 nitrogen and oxygen atoms in total. The summed E-state index contributed by atoms with van der Waals surface area (Å²) in [6.45, 7) is 0.673. The first kappa shape index (κ1) is 15.6. The summed E-state index contributed by atoms with van der Waals surface area (Å²) in [5.41, 5.74) is 1.44. The number of anilines is 2. The molecule has 1 unspecified atom stereocenters. The number of nitrogens with zero attached hydrogens (tertiary/aromatic N) is 4. The lowest BCUT2D eigenvalue weighted by molar-refractivity contribution is -0.0974. The molecule has 3 aromatic rings. The number of rotatable bonds is 5. The number of benzene rings is 1. The molecular weight excluding hydrogens is 329 g/mol. The fourth-order valence-electron chi connectivity index (χ4n) is 2.66. The fraction of sp³-hybridized carbons (Fsp3) is 0.312. The van der Waals surface area contributed by atoms with Crippen molar-refractivity contribution in [1.82, 2.24) is 19.5 Å². The van der Waals surface area contributed by atoms with Crippen molar-refractivity contribution in [2.24, 2.45) is 0 Å². The van der Waals surface area contributed by atoms with Crippen LogP contribution in [0.4, 0.5) is 15.9 Å². The lowest BCUT2D eigenvalue weighted by atomic mass is 10.2. The molecule has 3 heterocycles. The van der Waals surface area contributed by atoms with Gasteiger partial charge in [0, 0.05) is 12.5 Å². The van der Waals surface area contributed by atoms with Crippen LogP contribution in [-0.2, 0) is 4.74 Å². The lowest BCUT2D eigenvalue weighted by Gasteiger charge is -2.27. The third-order valence-electron chi connectivity index (χ3n) is 4.04. The summed E-state index contributed by atoms with van der Waals surface area (Å²) in [6.07, 6.45) is 1.41. The molecular formula is C16H16FN5O3. The quantitative estimate of drug-likeness (QED) is 0.712. The van der Waals surface area contributed by atoms with E-state index in [9.17, 15) is 4.39 Å². The van der Waals surface area contributed by atoms with E-state index in [1.165, 1.54) is 0 Å². The number of imidazole rings is 1. The van der Waals surface area contributed by atoms with E-state index in [4.69, 9.17) is 14.2 Å². The molecule has 0 radical (unpaired) electrons. The maximum absolute atomic E-state index is 13.9. The number of halogens is 1. The monoisotopic (exact) mass is 345 g/mol. The minimum Gasteiger partial charge on any atom is -0.497 e. The lowest BCUT2D eigenvalue weighted by Crippen LogP contribution is -2.24. The van der Waals surface area contributed by atoms with E-state index in [1.54, 1.807) is 43.3 Å². The van der Waals surface area contributed by atoms with Crippen LogP contribution in [0.5, 0.6) is 11.5 Å². The number of aromatic nitrogens is 4. The first-order valence-electron chi connectivity index (χ1n) is 7.70. The number of hydrogen-bond donors (Lipinski definition) is 1. The molecule has 130 valence electrons. The standard InChI is InChI=1S/C16H16FN5O3/c1-23-9-3-4-10(11(7-9)24-2)19-14-13-15(21-16(17)20-14)22(8-18-13)12-5-6-25-12/h3-4,7-8,12H,5-6H2,1-2H3,(H,19,20,21). The van der Waals surface area contributed by atoms with Gasteiger partial charge in [-0.25, -0.2) is 4.98 Å². The summed E-state index contributed by atoms with van der Waals surface area (Å²) in [5, 5.41) is 3.06. The minimum atomic E-state index is -0.844. The Kier molecular flexibility index (Phi) is 3.85. The van der Waals surface area contributed by atoms with Gasteiger partial charge in [0.1, 0.15) is 17.7 Å². The zero-order chi connectivity index (χ0) is 17.4. The van der Waals surface area contributed by atoms with Crippen molar-refractivity contribution >= 4 is 22.7 Å². The number of nitrogens with one attached hydrogen (secondary N) is 1. The molecule has 0 aliphatic carbocycles. The fourth-order valence-corrected chi connectivity index (χ4v) is 2.66. The van der Waals surface area contributed by atoms with Crippen LogP contribution in [0.3, 0.4) is 0 Å². The van der Waals surface area contributed by atoms with Crippen molar-refractivity contribution in [2.45, 2.75) is 12.6 Å². The van der Waals surface area contributed by atoms with E-state index in [0.717, 1.165) is 6.42 Å². The van der Waals surface area contributed by atoms with Gasteiger partial charge in [-0.3, -0.25) is 4.57 Å². The van der Waals surface area contributed by atoms with Gasteiger partial charge in [0.2, 0.25) is 0 Å². The second-order valence-electron chi connectivity index (χ2n) is 5.47. The highest BCUT2D eigenvalue weighted by Gasteiger charge is 2.24. The van der Waals surface area contributed by atoms with Crippen molar-refractivity contribution < 1.29 is 18.6 Å². The van der Waals surface area contributed by atoms with Crippen molar-refractivity contribution in [2.75, 3.05) is 26.1 Å². The Bertz CT molecular complexity index is 926. The zero-order valence-corrected chi connectivity index (χ0v) is 13.7. The summed E-state index contributed by atoms with van der Waals surface area (Å²) >= 11 is 0. The maximum Gasteiger partial charge on any atom is 0.312 e. The third-order valence-corrected chi connectivity index (χ3v) is 4.04. The first-order chi connectivity index (χ1) is 12.2. The van der Waals surface area contributed by atoms with Crippen molar-refractivity contribution in [3.63, 3.8) is 0 Å². The number of fused-ring (bicyclic) bond motifs is 1. The summed E-state index contributed by atoms with van der Waals surface area (Å²) < 4.78 is 31.6. The molecule has 2 aromatic heterocycles. The van der Waals surface area contributed by atoms with Gasteiger partial charge in [0.25, 0.3) is 0 Å². The van der Waals surface area contributed by atoms with Gasteiger partial charge in [-0.1, -0.05) is 0 Å². The zero-order valence-electron chi connectivity index (χ0n) is 13.7. The highest BCUT2D eigenvalue weighted by atomic mass is 19.1. The van der Waals surface area contributed by atoms with Crippen molar-refractivity contribution in [3.05, 3.63) is 30.6 Å². The van der Waals surface area contributed by atoms with Crippen LogP contribution in [0.1, 0.15) is 12.6 Å². The highest BCUT2D eigenvalue weighted by molar-refractivity contribution is 5.86. The normalized spacial score (nSPS) is 16.5. The molecule has 0 bridgehead atoms. The molecule has 0 saturated carbocycles. The first-order valence-corrected chi connectivity index (χ1v) is 7.70. The number of ether oxygens (including phenoxy) is 3. The van der Waals surface area contributed by atoms with Gasteiger partial charge < -0.3 is 19.5 Å². The smallest absolute Gasteiger partial charge is 0.312 e. The van der Waals surface area contributed by atoms with Crippen LogP contribution in [0.25, 0.3) is 11.2 Å². The molecule has 1 aliphatic rings. The van der Waals surface area contributed by atoms with Crippen molar-refractivity contribution in [1.29, 1.82) is 0 Å². The van der Waals surface area contributed by atoms with Crippen LogP contribution in [0.15, 0.2) is 24.5 Å². The topological polar surface area (TPSA) is 83.3 Å². The van der Waals surface area contributed by atoms with E-state index in [-0.39, 0.29) is 12.0 Å². The van der Waals surface area contributed by atoms with E-state index >= 15 is 0 Å². The maximum atomic E-state index is 13.9. The van der Waals surface area contributed by atoms with Gasteiger partial charge in [-0.15, -0.1) is 0 Å². The van der Waals surface area contributed by atoms with Crippen LogP contribution in [-0.4, -0.2) is 40.3 Å². The second kappa shape index (κ2) is 6.17. The Morgan fingerprint density at radius 2 is 2.12 bits per heavy atom. The molecule has 1 saturated heterocycles. The summed E-state index contributed by atoms with van der Waals surface area (Å²) in [7, 11) is 3.11. The molecule has 4 rings (SSSR count). The summed E-state index contributed by atoms with van der Waals surface area (Å²) in [5.74, 6) is 1.44. The number of methoxy groups -OCH3 is 2. The molecule has 1 N–H and O–H groups in total. The van der Waals surface area contributed by atoms with Gasteiger partial charge in [0.05, 0.1) is 32.8 Å².